The molecular weight excluding hydrogens is 743 g/mol. The highest BCUT2D eigenvalue weighted by Gasteiger charge is 2.20. The lowest BCUT2D eigenvalue weighted by molar-refractivity contribution is 1.30. The molecule has 1 heterocycles. The number of anilines is 3. The van der Waals surface area contributed by atoms with Crippen LogP contribution in [-0.2, 0) is 0 Å². The zero-order valence-electron chi connectivity index (χ0n) is 32.9. The van der Waals surface area contributed by atoms with E-state index in [0.717, 1.165) is 11.4 Å². The summed E-state index contributed by atoms with van der Waals surface area (Å²) in [5.41, 5.74) is 15.5. The second-order valence-corrected chi connectivity index (χ2v) is 16.4. The molecule has 60 heavy (non-hydrogen) atoms. The van der Waals surface area contributed by atoms with Crippen molar-refractivity contribution in [1.29, 1.82) is 0 Å². The second kappa shape index (κ2) is 15.3. The second-order valence-electron chi connectivity index (χ2n) is 15.3. The fourth-order valence-electron chi connectivity index (χ4n) is 8.63. The lowest BCUT2D eigenvalue weighted by Gasteiger charge is -2.27. The fourth-order valence-corrected chi connectivity index (χ4v) is 9.83. The molecule has 282 valence electrons. The highest BCUT2D eigenvalue weighted by molar-refractivity contribution is 7.26. The van der Waals surface area contributed by atoms with E-state index in [-0.39, 0.29) is 0 Å². The fraction of sp³-hybridized carbons (Fsp3) is 0. The van der Waals surface area contributed by atoms with Gasteiger partial charge in [0.1, 0.15) is 0 Å². The van der Waals surface area contributed by atoms with Crippen LogP contribution in [0.5, 0.6) is 0 Å². The minimum Gasteiger partial charge on any atom is -0.310 e. The molecule has 11 aromatic rings. The average molecular weight is 782 g/mol. The highest BCUT2D eigenvalue weighted by atomic mass is 32.1. The number of nitrogens with zero attached hydrogens (tertiary/aromatic N) is 1. The van der Waals surface area contributed by atoms with Crippen LogP contribution >= 0.6 is 11.3 Å². The number of para-hydroxylation sites is 1. The Morgan fingerprint density at radius 2 is 0.650 bits per heavy atom. The summed E-state index contributed by atoms with van der Waals surface area (Å²) >= 11 is 1.89. The van der Waals surface area contributed by atoms with Crippen LogP contribution in [0, 0.1) is 0 Å². The maximum absolute atomic E-state index is 2.42. The van der Waals surface area contributed by atoms with Gasteiger partial charge in [-0.2, -0.15) is 0 Å². The molecule has 0 unspecified atom stereocenters. The largest absolute Gasteiger partial charge is 0.310 e. The van der Waals surface area contributed by atoms with Gasteiger partial charge in [-0.3, -0.25) is 0 Å². The van der Waals surface area contributed by atoms with E-state index in [1.165, 1.54) is 92.3 Å². The molecule has 1 aromatic heterocycles. The van der Waals surface area contributed by atoms with Crippen LogP contribution in [0.4, 0.5) is 17.1 Å². The van der Waals surface area contributed by atoms with Gasteiger partial charge >= 0.3 is 0 Å². The van der Waals surface area contributed by atoms with Crippen molar-refractivity contribution >= 4 is 59.3 Å². The SMILES string of the molecule is c1ccc(-c2ccc(N(c3ccccc3)c3cc4c5cc(-c6ccc(-c7cc(-c8ccccc8)cc(-c8ccccc8)c7)cc6)ccc5sc4c4ccccc34)cc2)cc1. The molecule has 0 aliphatic carbocycles. The first-order chi connectivity index (χ1) is 29.7. The molecule has 0 amide bonds. The third-order valence-electron chi connectivity index (χ3n) is 11.6. The minimum atomic E-state index is 1.12. The van der Waals surface area contributed by atoms with Gasteiger partial charge in [-0.25, -0.2) is 0 Å². The van der Waals surface area contributed by atoms with E-state index in [2.05, 4.69) is 241 Å². The molecule has 0 radical (unpaired) electrons. The van der Waals surface area contributed by atoms with E-state index >= 15 is 0 Å². The van der Waals surface area contributed by atoms with Crippen molar-refractivity contribution in [3.63, 3.8) is 0 Å². The normalized spacial score (nSPS) is 11.3. The van der Waals surface area contributed by atoms with Crippen molar-refractivity contribution in [3.05, 3.63) is 237 Å². The average Bonchev–Trinajstić information content (AvgIpc) is 3.71. The van der Waals surface area contributed by atoms with Gasteiger partial charge in [-0.05, 0) is 116 Å². The third kappa shape index (κ3) is 6.63. The van der Waals surface area contributed by atoms with Crippen molar-refractivity contribution in [2.24, 2.45) is 0 Å². The van der Waals surface area contributed by atoms with Gasteiger partial charge in [0.25, 0.3) is 0 Å². The first kappa shape index (κ1) is 35.6. The molecule has 0 spiro atoms. The van der Waals surface area contributed by atoms with Gasteiger partial charge < -0.3 is 4.90 Å². The predicted molar refractivity (Wildman–Crippen MR) is 259 cm³/mol. The van der Waals surface area contributed by atoms with Crippen LogP contribution < -0.4 is 4.90 Å². The van der Waals surface area contributed by atoms with Gasteiger partial charge in [-0.1, -0.05) is 176 Å². The summed E-state index contributed by atoms with van der Waals surface area (Å²) in [7, 11) is 0. The Hall–Kier alpha value is -7.52. The molecule has 0 N–H and O–H groups in total. The molecule has 2 heteroatoms. The Kier molecular flexibility index (Phi) is 9.11. The molecule has 0 aliphatic heterocycles. The molecular formula is C58H39NS. The third-order valence-corrected chi connectivity index (χ3v) is 12.9. The number of rotatable bonds is 8. The number of fused-ring (bicyclic) bond motifs is 5. The van der Waals surface area contributed by atoms with Crippen molar-refractivity contribution in [2.45, 2.75) is 0 Å². The molecule has 11 rings (SSSR count). The molecule has 0 saturated heterocycles. The van der Waals surface area contributed by atoms with Gasteiger partial charge in [0.2, 0.25) is 0 Å². The summed E-state index contributed by atoms with van der Waals surface area (Å²) in [6.07, 6.45) is 0. The van der Waals surface area contributed by atoms with Crippen LogP contribution in [0.15, 0.2) is 237 Å². The Labute approximate surface area is 354 Å². The molecule has 0 atom stereocenters. The Bertz CT molecular complexity index is 3200. The predicted octanol–water partition coefficient (Wildman–Crippen LogP) is 17.0. The number of hydrogen-bond acceptors (Lipinski definition) is 2. The first-order valence-electron chi connectivity index (χ1n) is 20.5. The zero-order chi connectivity index (χ0) is 39.8. The van der Waals surface area contributed by atoms with E-state index in [0.29, 0.717) is 0 Å². The number of benzene rings is 10. The number of hydrogen-bond donors (Lipinski definition) is 0. The lowest BCUT2D eigenvalue weighted by Crippen LogP contribution is -2.10. The van der Waals surface area contributed by atoms with Crippen molar-refractivity contribution in [1.82, 2.24) is 0 Å². The zero-order valence-corrected chi connectivity index (χ0v) is 33.7. The van der Waals surface area contributed by atoms with Gasteiger partial charge in [0.05, 0.1) is 5.69 Å². The highest BCUT2D eigenvalue weighted by Crippen LogP contribution is 2.47. The van der Waals surface area contributed by atoms with Crippen LogP contribution in [-0.4, -0.2) is 0 Å². The summed E-state index contributed by atoms with van der Waals surface area (Å²) in [6, 6.07) is 86.0. The van der Waals surface area contributed by atoms with Gasteiger partial charge in [0, 0.05) is 42.3 Å². The van der Waals surface area contributed by atoms with Crippen LogP contribution in [0.25, 0.3) is 86.6 Å². The Morgan fingerprint density at radius 1 is 0.250 bits per heavy atom. The van der Waals surface area contributed by atoms with E-state index in [9.17, 15) is 0 Å². The molecule has 10 aromatic carbocycles. The standard InChI is InChI=1S/C58H39NS/c1-5-15-40(16-6-1)43-29-32-51(33-30-43)59(50-21-11-4-12-22-50)56-39-55-54-38-46(31-34-57(54)60-58(55)53-24-14-13-23-52(53)56)44-25-27-45(28-26-44)49-36-47(41-17-7-2-8-18-41)35-48(37-49)42-19-9-3-10-20-42/h1-39H. The molecule has 0 saturated carbocycles. The first-order valence-corrected chi connectivity index (χ1v) is 21.3. The van der Waals surface area contributed by atoms with Crippen molar-refractivity contribution < 1.29 is 0 Å². The van der Waals surface area contributed by atoms with E-state index in [1.807, 2.05) is 11.3 Å². The summed E-state index contributed by atoms with van der Waals surface area (Å²) in [5, 5.41) is 5.05. The van der Waals surface area contributed by atoms with Crippen molar-refractivity contribution in [2.75, 3.05) is 4.90 Å². The van der Waals surface area contributed by atoms with E-state index in [4.69, 9.17) is 0 Å². The van der Waals surface area contributed by atoms with Crippen LogP contribution in [0.2, 0.25) is 0 Å². The maximum Gasteiger partial charge on any atom is 0.0547 e. The maximum atomic E-state index is 2.42. The summed E-state index contributed by atoms with van der Waals surface area (Å²) in [4.78, 5) is 2.42. The summed E-state index contributed by atoms with van der Waals surface area (Å²) in [6.45, 7) is 0. The van der Waals surface area contributed by atoms with Crippen molar-refractivity contribution in [3.8, 4) is 55.6 Å². The minimum absolute atomic E-state index is 1.12. The number of thiophene rings is 1. The van der Waals surface area contributed by atoms with Gasteiger partial charge in [0.15, 0.2) is 0 Å². The molecule has 1 nitrogen and oxygen atoms in total. The van der Waals surface area contributed by atoms with E-state index < -0.39 is 0 Å². The lowest BCUT2D eigenvalue weighted by atomic mass is 9.92. The smallest absolute Gasteiger partial charge is 0.0547 e. The monoisotopic (exact) mass is 781 g/mol. The quantitative estimate of drug-likeness (QED) is 0.148. The molecule has 0 aliphatic rings. The Morgan fingerprint density at radius 3 is 1.22 bits per heavy atom. The van der Waals surface area contributed by atoms with E-state index in [1.54, 1.807) is 0 Å². The van der Waals surface area contributed by atoms with Crippen LogP contribution in [0.1, 0.15) is 0 Å². The molecule has 0 fully saturated rings. The topological polar surface area (TPSA) is 3.24 Å². The Balaban J connectivity index is 1.01. The summed E-state index contributed by atoms with van der Waals surface area (Å²) in [5.74, 6) is 0. The summed E-state index contributed by atoms with van der Waals surface area (Å²) < 4.78 is 2.61. The van der Waals surface area contributed by atoms with Crippen LogP contribution in [0.3, 0.4) is 0 Å². The molecule has 0 bridgehead atoms. The van der Waals surface area contributed by atoms with Gasteiger partial charge in [-0.15, -0.1) is 11.3 Å².